The van der Waals surface area contributed by atoms with Crippen molar-refractivity contribution in [1.29, 1.82) is 0 Å². The Hall–Kier alpha value is -2.18. The van der Waals surface area contributed by atoms with Crippen LogP contribution in [0.25, 0.3) is 0 Å². The summed E-state index contributed by atoms with van der Waals surface area (Å²) in [7, 11) is 0. The Morgan fingerprint density at radius 1 is 1.22 bits per heavy atom. The summed E-state index contributed by atoms with van der Waals surface area (Å²) in [4.78, 5) is 6.70. The SMILES string of the molecule is Oc1ccc(F)cc1CNc1ccc(CN2CCOCC2)cn1. The van der Waals surface area contributed by atoms with Gasteiger partial charge in [0.05, 0.1) is 13.2 Å². The number of pyridine rings is 1. The van der Waals surface area contributed by atoms with Crippen LogP contribution in [-0.2, 0) is 17.8 Å². The van der Waals surface area contributed by atoms with E-state index >= 15 is 0 Å². The third-order valence-electron chi connectivity index (χ3n) is 3.84. The molecule has 122 valence electrons. The fourth-order valence-corrected chi connectivity index (χ4v) is 2.52. The van der Waals surface area contributed by atoms with Gasteiger partial charge in [-0.3, -0.25) is 4.90 Å². The van der Waals surface area contributed by atoms with Crippen molar-refractivity contribution in [3.8, 4) is 5.75 Å². The normalized spacial score (nSPS) is 15.5. The molecule has 1 aliphatic rings. The van der Waals surface area contributed by atoms with Gasteiger partial charge in [-0.2, -0.15) is 0 Å². The van der Waals surface area contributed by atoms with Crippen molar-refractivity contribution in [3.05, 3.63) is 53.5 Å². The largest absolute Gasteiger partial charge is 0.508 e. The molecule has 0 radical (unpaired) electrons. The highest BCUT2D eigenvalue weighted by molar-refractivity contribution is 5.40. The first-order chi connectivity index (χ1) is 11.2. The maximum Gasteiger partial charge on any atom is 0.126 e. The second-order valence-electron chi connectivity index (χ2n) is 5.57. The van der Waals surface area contributed by atoms with Crippen LogP contribution in [0.3, 0.4) is 0 Å². The highest BCUT2D eigenvalue weighted by Crippen LogP contribution is 2.19. The maximum absolute atomic E-state index is 13.2. The summed E-state index contributed by atoms with van der Waals surface area (Å²) in [5, 5.41) is 12.8. The fourth-order valence-electron chi connectivity index (χ4n) is 2.52. The number of phenols is 1. The van der Waals surface area contributed by atoms with Gasteiger partial charge in [0, 0.05) is 37.9 Å². The summed E-state index contributed by atoms with van der Waals surface area (Å²) in [6, 6.07) is 7.82. The first-order valence-electron chi connectivity index (χ1n) is 7.67. The number of aromatic hydroxyl groups is 1. The number of morpholine rings is 1. The van der Waals surface area contributed by atoms with Crippen LogP contribution in [0.5, 0.6) is 5.75 Å². The monoisotopic (exact) mass is 317 g/mol. The number of phenolic OH excluding ortho intramolecular Hbond substituents is 1. The van der Waals surface area contributed by atoms with Crippen LogP contribution in [0, 0.1) is 5.82 Å². The molecule has 2 N–H and O–H groups in total. The number of hydrogen-bond acceptors (Lipinski definition) is 5. The van der Waals surface area contributed by atoms with Gasteiger partial charge in [-0.05, 0) is 29.8 Å². The molecule has 1 saturated heterocycles. The van der Waals surface area contributed by atoms with Crippen LogP contribution >= 0.6 is 0 Å². The van der Waals surface area contributed by atoms with E-state index in [1.807, 2.05) is 18.3 Å². The lowest BCUT2D eigenvalue weighted by atomic mass is 10.2. The van der Waals surface area contributed by atoms with Crippen molar-refractivity contribution in [2.45, 2.75) is 13.1 Å². The lowest BCUT2D eigenvalue weighted by molar-refractivity contribution is 0.0341. The minimum atomic E-state index is -0.367. The number of ether oxygens (including phenoxy) is 1. The average molecular weight is 317 g/mol. The van der Waals surface area contributed by atoms with E-state index in [2.05, 4.69) is 15.2 Å². The van der Waals surface area contributed by atoms with Crippen LogP contribution in [-0.4, -0.2) is 41.3 Å². The molecule has 0 aliphatic carbocycles. The molecule has 0 amide bonds. The zero-order valence-electron chi connectivity index (χ0n) is 12.8. The highest BCUT2D eigenvalue weighted by Gasteiger charge is 2.10. The minimum absolute atomic E-state index is 0.0721. The Bertz CT molecular complexity index is 643. The van der Waals surface area contributed by atoms with Crippen LogP contribution in [0.15, 0.2) is 36.5 Å². The smallest absolute Gasteiger partial charge is 0.126 e. The van der Waals surface area contributed by atoms with E-state index in [9.17, 15) is 9.50 Å². The van der Waals surface area contributed by atoms with Gasteiger partial charge in [0.2, 0.25) is 0 Å². The number of anilines is 1. The molecule has 0 atom stereocenters. The van der Waals surface area contributed by atoms with Crippen molar-refractivity contribution in [2.75, 3.05) is 31.6 Å². The topological polar surface area (TPSA) is 57.6 Å². The first kappa shape index (κ1) is 15.7. The molecule has 3 rings (SSSR count). The molecule has 1 aromatic heterocycles. The molecule has 1 fully saturated rings. The van der Waals surface area contributed by atoms with Crippen molar-refractivity contribution in [1.82, 2.24) is 9.88 Å². The van der Waals surface area contributed by atoms with Crippen molar-refractivity contribution < 1.29 is 14.2 Å². The molecular weight excluding hydrogens is 297 g/mol. The second kappa shape index (κ2) is 7.39. The zero-order valence-corrected chi connectivity index (χ0v) is 12.8. The van der Waals surface area contributed by atoms with E-state index in [1.54, 1.807) is 0 Å². The maximum atomic E-state index is 13.2. The molecule has 0 spiro atoms. The Morgan fingerprint density at radius 3 is 2.78 bits per heavy atom. The molecule has 0 saturated carbocycles. The number of aromatic nitrogens is 1. The first-order valence-corrected chi connectivity index (χ1v) is 7.67. The molecule has 1 aromatic carbocycles. The van der Waals surface area contributed by atoms with Crippen LogP contribution in [0.1, 0.15) is 11.1 Å². The van der Waals surface area contributed by atoms with Gasteiger partial charge in [0.1, 0.15) is 17.4 Å². The van der Waals surface area contributed by atoms with Gasteiger partial charge in [-0.15, -0.1) is 0 Å². The molecule has 0 bridgehead atoms. The third kappa shape index (κ3) is 4.40. The van der Waals surface area contributed by atoms with Gasteiger partial charge in [0.15, 0.2) is 0 Å². The Labute approximate surface area is 134 Å². The van der Waals surface area contributed by atoms with E-state index in [-0.39, 0.29) is 11.6 Å². The predicted molar refractivity (Wildman–Crippen MR) is 85.7 cm³/mol. The molecule has 5 nitrogen and oxygen atoms in total. The summed E-state index contributed by atoms with van der Waals surface area (Å²) in [5.41, 5.74) is 1.65. The van der Waals surface area contributed by atoms with Crippen molar-refractivity contribution >= 4 is 5.82 Å². The third-order valence-corrected chi connectivity index (χ3v) is 3.84. The number of nitrogens with one attached hydrogen (secondary N) is 1. The van der Waals surface area contributed by atoms with Crippen molar-refractivity contribution in [2.24, 2.45) is 0 Å². The van der Waals surface area contributed by atoms with Gasteiger partial charge in [0.25, 0.3) is 0 Å². The lowest BCUT2D eigenvalue weighted by Gasteiger charge is -2.26. The molecule has 0 unspecified atom stereocenters. The number of nitrogens with zero attached hydrogens (tertiary/aromatic N) is 2. The van der Waals surface area contributed by atoms with E-state index in [0.29, 0.717) is 17.9 Å². The zero-order chi connectivity index (χ0) is 16.1. The number of rotatable bonds is 5. The number of halogens is 1. The summed E-state index contributed by atoms with van der Waals surface area (Å²) in [6.45, 7) is 4.63. The number of benzene rings is 1. The molecule has 23 heavy (non-hydrogen) atoms. The molecule has 2 heterocycles. The van der Waals surface area contributed by atoms with Gasteiger partial charge >= 0.3 is 0 Å². The van der Waals surface area contributed by atoms with Gasteiger partial charge in [-0.1, -0.05) is 6.07 Å². The summed E-state index contributed by atoms with van der Waals surface area (Å²) < 4.78 is 18.5. The standard InChI is InChI=1S/C17H20FN3O2/c18-15-2-3-16(22)14(9-15)11-20-17-4-1-13(10-19-17)12-21-5-7-23-8-6-21/h1-4,9-10,22H,5-8,11-12H2,(H,19,20). The van der Waals surface area contributed by atoms with Crippen LogP contribution in [0.2, 0.25) is 0 Å². The van der Waals surface area contributed by atoms with E-state index in [0.717, 1.165) is 38.4 Å². The fraction of sp³-hybridized carbons (Fsp3) is 0.353. The highest BCUT2D eigenvalue weighted by atomic mass is 19.1. The second-order valence-corrected chi connectivity index (χ2v) is 5.57. The Balaban J connectivity index is 1.55. The average Bonchev–Trinajstić information content (AvgIpc) is 2.58. The van der Waals surface area contributed by atoms with E-state index < -0.39 is 0 Å². The van der Waals surface area contributed by atoms with Gasteiger partial charge < -0.3 is 15.2 Å². The summed E-state index contributed by atoms with van der Waals surface area (Å²) in [5.74, 6) is 0.399. The van der Waals surface area contributed by atoms with E-state index in [4.69, 9.17) is 4.74 Å². The van der Waals surface area contributed by atoms with Crippen LogP contribution in [0.4, 0.5) is 10.2 Å². The minimum Gasteiger partial charge on any atom is -0.508 e. The van der Waals surface area contributed by atoms with Crippen LogP contribution < -0.4 is 5.32 Å². The van der Waals surface area contributed by atoms with E-state index in [1.165, 1.54) is 18.2 Å². The summed E-state index contributed by atoms with van der Waals surface area (Å²) in [6.07, 6.45) is 1.84. The molecule has 6 heteroatoms. The molecular formula is C17H20FN3O2. The Kier molecular flexibility index (Phi) is 5.05. The lowest BCUT2D eigenvalue weighted by Crippen LogP contribution is -2.35. The molecule has 1 aliphatic heterocycles. The van der Waals surface area contributed by atoms with Gasteiger partial charge in [-0.25, -0.2) is 9.37 Å². The molecule has 2 aromatic rings. The summed E-state index contributed by atoms with van der Waals surface area (Å²) >= 11 is 0. The Morgan fingerprint density at radius 2 is 2.04 bits per heavy atom. The predicted octanol–water partition coefficient (Wildman–Crippen LogP) is 2.37. The van der Waals surface area contributed by atoms with Crippen molar-refractivity contribution in [3.63, 3.8) is 0 Å². The number of hydrogen-bond donors (Lipinski definition) is 2. The quantitative estimate of drug-likeness (QED) is 0.887.